The summed E-state index contributed by atoms with van der Waals surface area (Å²) in [6.45, 7) is 1.72. The van der Waals surface area contributed by atoms with Crippen LogP contribution in [0.5, 0.6) is 0 Å². The minimum Gasteiger partial charge on any atom is -0.481 e. The van der Waals surface area contributed by atoms with Crippen molar-refractivity contribution in [2.45, 2.75) is 116 Å². The first-order chi connectivity index (χ1) is 18.8. The van der Waals surface area contributed by atoms with E-state index in [0.29, 0.717) is 17.4 Å². The van der Waals surface area contributed by atoms with Crippen LogP contribution in [0.4, 0.5) is 0 Å². The fraction of sp³-hybridized carbons (Fsp3) is 0.893. The molecule has 2 atom stereocenters. The summed E-state index contributed by atoms with van der Waals surface area (Å²) < 4.78 is 32.9. The van der Waals surface area contributed by atoms with Crippen molar-refractivity contribution in [2.75, 3.05) is 47.5 Å². The number of ether oxygens (including phenoxy) is 2. The Balaban J connectivity index is 4.29. The van der Waals surface area contributed by atoms with Gasteiger partial charge in [0.2, 0.25) is 0 Å². The van der Waals surface area contributed by atoms with Crippen LogP contribution in [0.1, 0.15) is 110 Å². The van der Waals surface area contributed by atoms with E-state index in [4.69, 9.17) is 23.6 Å². The number of hydrogen-bond donors (Lipinski definition) is 2. The van der Waals surface area contributed by atoms with Crippen LogP contribution in [0.15, 0.2) is 0 Å². The molecular formula is C28H55NO10P+. The van der Waals surface area contributed by atoms with E-state index < -0.39 is 51.3 Å². The van der Waals surface area contributed by atoms with Crippen molar-refractivity contribution in [2.24, 2.45) is 0 Å². The second kappa shape index (κ2) is 23.1. The number of likely N-dealkylation sites (N-methyl/N-ethyl adjacent to an activating group) is 1. The summed E-state index contributed by atoms with van der Waals surface area (Å²) >= 11 is 0. The van der Waals surface area contributed by atoms with Gasteiger partial charge in [0.25, 0.3) is 0 Å². The third kappa shape index (κ3) is 26.7. The normalized spacial score (nSPS) is 13.9. The minimum absolute atomic E-state index is 0.0333. The molecule has 0 heterocycles. The van der Waals surface area contributed by atoms with Gasteiger partial charge in [0, 0.05) is 6.42 Å². The molecule has 11 nitrogen and oxygen atoms in total. The summed E-state index contributed by atoms with van der Waals surface area (Å²) in [5.41, 5.74) is 0. The Bertz CT molecular complexity index is 741. The Hall–Kier alpha value is -1.52. The number of hydrogen-bond acceptors (Lipinski definition) is 8. The number of carbonyl (C=O) groups excluding carboxylic acids is 2. The number of aliphatic carboxylic acids is 1. The molecule has 236 valence electrons. The van der Waals surface area contributed by atoms with Gasteiger partial charge in [0.1, 0.15) is 19.8 Å². The van der Waals surface area contributed by atoms with Gasteiger partial charge in [0.05, 0.1) is 40.6 Å². The summed E-state index contributed by atoms with van der Waals surface area (Å²) in [7, 11) is 1.25. The van der Waals surface area contributed by atoms with Gasteiger partial charge < -0.3 is 24.0 Å². The summed E-state index contributed by atoms with van der Waals surface area (Å²) in [4.78, 5) is 44.8. The molecule has 0 saturated carbocycles. The maximum absolute atomic E-state index is 12.2. The summed E-state index contributed by atoms with van der Waals surface area (Å²) in [6.07, 6.45) is 13.7. The maximum Gasteiger partial charge on any atom is 0.472 e. The predicted octanol–water partition coefficient (Wildman–Crippen LogP) is 5.63. The van der Waals surface area contributed by atoms with E-state index in [2.05, 4.69) is 6.92 Å². The van der Waals surface area contributed by atoms with Crippen LogP contribution in [0.25, 0.3) is 0 Å². The standard InChI is InChI=1S/C28H54NO10P/c1-5-6-7-8-9-10-11-12-13-14-15-16-17-18-27(32)36-23-25(39-28(33)20-19-26(30)31)24-38-40(34,35)37-22-21-29(2,3)4/h25H,5-24H2,1-4H3,(H-,30,31,34,35)/p+1/t25-/m1/s1. The van der Waals surface area contributed by atoms with E-state index >= 15 is 0 Å². The topological polar surface area (TPSA) is 146 Å². The van der Waals surface area contributed by atoms with Crippen LogP contribution in [-0.2, 0) is 37.5 Å². The van der Waals surface area contributed by atoms with Crippen molar-refractivity contribution >= 4 is 25.7 Å². The number of quaternary nitrogens is 1. The second-order valence-electron chi connectivity index (χ2n) is 11.3. The largest absolute Gasteiger partial charge is 0.481 e. The zero-order chi connectivity index (χ0) is 30.3. The highest BCUT2D eigenvalue weighted by atomic mass is 31.2. The number of carbonyl (C=O) groups is 3. The third-order valence-corrected chi connectivity index (χ3v) is 7.18. The van der Waals surface area contributed by atoms with Crippen LogP contribution in [0.2, 0.25) is 0 Å². The van der Waals surface area contributed by atoms with Crippen LogP contribution in [0, 0.1) is 0 Å². The molecule has 0 rings (SSSR count). The molecule has 1 unspecified atom stereocenters. The number of carboxylic acid groups (broad SMARTS) is 1. The quantitative estimate of drug-likeness (QED) is 0.0530. The SMILES string of the molecule is CCCCCCCCCCCCCCCC(=O)OC[C@H](COP(=O)(O)OCC[N+](C)(C)C)OC(=O)CCC(=O)O. The van der Waals surface area contributed by atoms with Crippen molar-refractivity contribution in [3.05, 3.63) is 0 Å². The van der Waals surface area contributed by atoms with Gasteiger partial charge in [-0.15, -0.1) is 0 Å². The van der Waals surface area contributed by atoms with Crippen molar-refractivity contribution in [1.82, 2.24) is 0 Å². The Labute approximate surface area is 241 Å². The highest BCUT2D eigenvalue weighted by molar-refractivity contribution is 7.47. The van der Waals surface area contributed by atoms with E-state index in [1.165, 1.54) is 57.8 Å². The zero-order valence-corrected chi connectivity index (χ0v) is 26.2. The van der Waals surface area contributed by atoms with Gasteiger partial charge in [-0.25, -0.2) is 4.57 Å². The molecule has 40 heavy (non-hydrogen) atoms. The molecule has 0 amide bonds. The molecule has 0 fully saturated rings. The van der Waals surface area contributed by atoms with Crippen molar-refractivity contribution in [3.8, 4) is 0 Å². The van der Waals surface area contributed by atoms with Gasteiger partial charge in [-0.05, 0) is 6.42 Å². The van der Waals surface area contributed by atoms with Crippen molar-refractivity contribution < 1.29 is 52.0 Å². The molecular weight excluding hydrogens is 541 g/mol. The number of carboxylic acids is 1. The number of phosphoric acid groups is 1. The Morgan fingerprint density at radius 1 is 0.725 bits per heavy atom. The summed E-state index contributed by atoms with van der Waals surface area (Å²) in [5, 5.41) is 8.75. The van der Waals surface area contributed by atoms with Gasteiger partial charge in [0.15, 0.2) is 6.10 Å². The average Bonchev–Trinajstić information content (AvgIpc) is 2.86. The molecule has 0 aromatic rings. The number of unbranched alkanes of at least 4 members (excludes halogenated alkanes) is 12. The lowest BCUT2D eigenvalue weighted by Crippen LogP contribution is -2.37. The Morgan fingerprint density at radius 2 is 1.25 bits per heavy atom. The number of rotatable bonds is 27. The van der Waals surface area contributed by atoms with Gasteiger partial charge >= 0.3 is 25.7 Å². The fourth-order valence-corrected chi connectivity index (χ4v) is 4.50. The lowest BCUT2D eigenvalue weighted by atomic mass is 10.0. The lowest BCUT2D eigenvalue weighted by molar-refractivity contribution is -0.870. The number of phosphoric ester groups is 1. The first-order valence-corrected chi connectivity index (χ1v) is 16.3. The van der Waals surface area contributed by atoms with Gasteiger partial charge in [-0.1, -0.05) is 84.0 Å². The molecule has 0 bridgehead atoms. The van der Waals surface area contributed by atoms with Gasteiger partial charge in [-0.3, -0.25) is 23.4 Å². The Morgan fingerprint density at radius 3 is 1.75 bits per heavy atom. The van der Waals surface area contributed by atoms with Crippen molar-refractivity contribution in [1.29, 1.82) is 0 Å². The highest BCUT2D eigenvalue weighted by Crippen LogP contribution is 2.43. The molecule has 0 aliphatic rings. The van der Waals surface area contributed by atoms with E-state index in [1.807, 2.05) is 21.1 Å². The van der Waals surface area contributed by atoms with Crippen LogP contribution in [-0.4, -0.2) is 86.0 Å². The highest BCUT2D eigenvalue weighted by Gasteiger charge is 2.27. The molecule has 0 aromatic carbocycles. The van der Waals surface area contributed by atoms with Crippen LogP contribution in [0.3, 0.4) is 0 Å². The average molecular weight is 597 g/mol. The third-order valence-electron chi connectivity index (χ3n) is 6.20. The molecule has 2 N–H and O–H groups in total. The molecule has 0 radical (unpaired) electrons. The van der Waals surface area contributed by atoms with Crippen molar-refractivity contribution in [3.63, 3.8) is 0 Å². The van der Waals surface area contributed by atoms with E-state index in [-0.39, 0.29) is 19.6 Å². The Kier molecular flexibility index (Phi) is 22.2. The molecule has 0 aliphatic heterocycles. The number of nitrogens with zero attached hydrogens (tertiary/aromatic N) is 1. The zero-order valence-electron chi connectivity index (χ0n) is 25.3. The van der Waals surface area contributed by atoms with Crippen LogP contribution < -0.4 is 0 Å². The van der Waals surface area contributed by atoms with E-state index in [9.17, 15) is 23.8 Å². The van der Waals surface area contributed by atoms with E-state index in [1.54, 1.807) is 0 Å². The molecule has 12 heteroatoms. The first-order valence-electron chi connectivity index (χ1n) is 14.8. The molecule has 0 aromatic heterocycles. The first kappa shape index (κ1) is 38.5. The fourth-order valence-electron chi connectivity index (χ4n) is 3.76. The monoisotopic (exact) mass is 596 g/mol. The predicted molar refractivity (Wildman–Crippen MR) is 153 cm³/mol. The van der Waals surface area contributed by atoms with Gasteiger partial charge in [-0.2, -0.15) is 0 Å². The van der Waals surface area contributed by atoms with E-state index in [0.717, 1.165) is 19.3 Å². The number of esters is 2. The molecule has 0 saturated heterocycles. The van der Waals surface area contributed by atoms with Crippen LogP contribution >= 0.6 is 7.82 Å². The molecule has 0 spiro atoms. The maximum atomic E-state index is 12.2. The summed E-state index contributed by atoms with van der Waals surface area (Å²) in [6, 6.07) is 0. The lowest BCUT2D eigenvalue weighted by Gasteiger charge is -2.24. The smallest absolute Gasteiger partial charge is 0.472 e. The second-order valence-corrected chi connectivity index (χ2v) is 12.7. The molecule has 0 aliphatic carbocycles. The summed E-state index contributed by atoms with van der Waals surface area (Å²) in [5.74, 6) is -2.48. The minimum atomic E-state index is -4.43.